The predicted octanol–water partition coefficient (Wildman–Crippen LogP) is 8.80. The quantitative estimate of drug-likeness (QED) is 0.0647. The fraction of sp³-hybridized carbons (Fsp3) is 0.194. The summed E-state index contributed by atoms with van der Waals surface area (Å²) in [5, 5.41) is 13.9. The number of carbonyl (C=O) groups excluding carboxylic acids is 10. The van der Waals surface area contributed by atoms with Gasteiger partial charge >= 0.3 is 0 Å². The summed E-state index contributed by atoms with van der Waals surface area (Å²) < 4.78 is 2.27. The van der Waals surface area contributed by atoms with Crippen LogP contribution in [-0.2, 0) is 9.59 Å². The molecule has 83 heavy (non-hydrogen) atoms. The molecule has 0 bridgehead atoms. The van der Waals surface area contributed by atoms with E-state index in [-0.39, 0.29) is 89.4 Å². The molecule has 4 aliphatic rings. The minimum atomic E-state index is -0.550. The molecule has 0 fully saturated rings. The zero-order valence-electron chi connectivity index (χ0n) is 44.0. The number of amides is 10. The molecule has 10 amide bonds. The summed E-state index contributed by atoms with van der Waals surface area (Å²) >= 11 is 10.5. The Morgan fingerprint density at radius 1 is 0.349 bits per heavy atom. The molecule has 3 N–H and O–H groups in total. The number of hydrogen-bond acceptors (Lipinski definition) is 12. The van der Waals surface area contributed by atoms with Gasteiger partial charge in [0.1, 0.15) is 0 Å². The predicted molar refractivity (Wildman–Crippen MR) is 321 cm³/mol. The first-order chi connectivity index (χ1) is 40.1. The van der Waals surface area contributed by atoms with Gasteiger partial charge in [-0.15, -0.1) is 0 Å². The van der Waals surface area contributed by atoms with E-state index in [1.807, 2.05) is 18.2 Å². The standard InChI is InChI=1S/C62H47Br3N8O10/c63-45-17-13-41-51-33(45)5-1-9-37(51)55(76)70(59(41)80)28-23-66-48-20-16-44-54-36(48)8-4-12-40(54)58(79)73(62(44)83)32-31-69(26-21-49(74)67-24-29-71-56(77)38-10-2-6-34-46(64)18-14-42(52(34)38)60(71)81)27-22-50(75)68-25-30-72-57(78)39-11-3-7-35-47(65)19-15-43(53(35)39)61(72)82/h1-20,66H,21-32H2,(H,67,74)(H,68,75). The van der Waals surface area contributed by atoms with Crippen LogP contribution in [-0.4, -0.2) is 149 Å². The largest absolute Gasteiger partial charge is 0.383 e. The number of carbonyl (C=O) groups is 10. The average Bonchev–Trinajstić information content (AvgIpc) is 3.46. The zero-order chi connectivity index (χ0) is 58.0. The van der Waals surface area contributed by atoms with Crippen LogP contribution in [0.4, 0.5) is 5.69 Å². The molecule has 0 radical (unpaired) electrons. The lowest BCUT2D eigenvalue weighted by molar-refractivity contribution is -0.121. The molecule has 0 aliphatic carbocycles. The van der Waals surface area contributed by atoms with Crippen molar-refractivity contribution in [2.75, 3.05) is 70.8 Å². The first kappa shape index (κ1) is 55.1. The number of rotatable bonds is 19. The molecule has 8 aromatic carbocycles. The number of benzene rings is 8. The number of imide groups is 4. The van der Waals surface area contributed by atoms with Gasteiger partial charge in [0.2, 0.25) is 11.8 Å². The molecule has 0 aromatic heterocycles. The Kier molecular flexibility index (Phi) is 14.8. The third kappa shape index (κ3) is 9.73. The minimum Gasteiger partial charge on any atom is -0.383 e. The Balaban J connectivity index is 0.700. The minimum absolute atomic E-state index is 0.0377. The molecule has 4 aliphatic heterocycles. The van der Waals surface area contributed by atoms with E-state index in [1.165, 1.54) is 4.90 Å². The highest BCUT2D eigenvalue weighted by Crippen LogP contribution is 2.39. The van der Waals surface area contributed by atoms with Crippen LogP contribution in [0.2, 0.25) is 0 Å². The van der Waals surface area contributed by atoms with E-state index in [9.17, 15) is 47.9 Å². The summed E-state index contributed by atoms with van der Waals surface area (Å²) in [6.45, 7) is 0.0432. The van der Waals surface area contributed by atoms with Crippen LogP contribution in [0.15, 0.2) is 135 Å². The Morgan fingerprint density at radius 2 is 0.651 bits per heavy atom. The molecule has 0 saturated heterocycles. The van der Waals surface area contributed by atoms with E-state index < -0.39 is 59.1 Å². The van der Waals surface area contributed by atoms with Crippen molar-refractivity contribution in [2.45, 2.75) is 12.8 Å². The summed E-state index contributed by atoms with van der Waals surface area (Å²) in [5.74, 6) is -4.66. The van der Waals surface area contributed by atoms with Gasteiger partial charge in [0.25, 0.3) is 47.3 Å². The number of anilines is 1. The fourth-order valence-electron chi connectivity index (χ4n) is 11.6. The van der Waals surface area contributed by atoms with Gasteiger partial charge in [0, 0.05) is 169 Å². The van der Waals surface area contributed by atoms with Crippen molar-refractivity contribution in [3.05, 3.63) is 179 Å². The smallest absolute Gasteiger partial charge is 0.261 e. The number of hydrogen-bond donors (Lipinski definition) is 3. The number of nitrogens with zero attached hydrogens (tertiary/aromatic N) is 5. The second-order valence-electron chi connectivity index (χ2n) is 20.4. The van der Waals surface area contributed by atoms with Crippen LogP contribution >= 0.6 is 47.8 Å². The van der Waals surface area contributed by atoms with Crippen molar-refractivity contribution in [1.82, 2.24) is 35.1 Å². The highest BCUT2D eigenvalue weighted by molar-refractivity contribution is 9.11. The Morgan fingerprint density at radius 3 is 1.02 bits per heavy atom. The summed E-state index contributed by atoms with van der Waals surface area (Å²) in [6, 6.07) is 34.6. The lowest BCUT2D eigenvalue weighted by Crippen LogP contribution is -2.46. The van der Waals surface area contributed by atoms with Gasteiger partial charge < -0.3 is 20.9 Å². The molecule has 4 heterocycles. The zero-order valence-corrected chi connectivity index (χ0v) is 48.7. The van der Waals surface area contributed by atoms with Crippen LogP contribution in [0.3, 0.4) is 0 Å². The molecule has 21 heteroatoms. The van der Waals surface area contributed by atoms with E-state index in [0.717, 1.165) is 44.3 Å². The van der Waals surface area contributed by atoms with E-state index in [4.69, 9.17) is 0 Å². The maximum Gasteiger partial charge on any atom is 0.261 e. The Labute approximate surface area is 498 Å². The van der Waals surface area contributed by atoms with E-state index >= 15 is 0 Å². The first-order valence-electron chi connectivity index (χ1n) is 26.7. The first-order valence-corrected chi connectivity index (χ1v) is 29.1. The molecule has 8 aromatic rings. The van der Waals surface area contributed by atoms with Crippen molar-refractivity contribution >= 4 is 156 Å². The second-order valence-corrected chi connectivity index (χ2v) is 22.9. The number of nitrogens with one attached hydrogen (secondary N) is 3. The summed E-state index contributed by atoms with van der Waals surface area (Å²) in [6.07, 6.45) is -0.185. The number of halogens is 3. The van der Waals surface area contributed by atoms with Crippen LogP contribution in [0, 0.1) is 0 Å². The normalized spacial score (nSPS) is 14.6. The Hall–Kier alpha value is -8.50. The summed E-state index contributed by atoms with van der Waals surface area (Å²) in [5.41, 5.74) is 3.50. The van der Waals surface area contributed by atoms with Crippen molar-refractivity contribution < 1.29 is 47.9 Å². The van der Waals surface area contributed by atoms with E-state index in [0.29, 0.717) is 66.0 Å². The molecule has 18 nitrogen and oxygen atoms in total. The van der Waals surface area contributed by atoms with Gasteiger partial charge in [-0.1, -0.05) is 96.3 Å². The molecule has 0 unspecified atom stereocenters. The maximum atomic E-state index is 14.4. The van der Waals surface area contributed by atoms with Crippen LogP contribution in [0.1, 0.15) is 95.7 Å². The van der Waals surface area contributed by atoms with E-state index in [2.05, 4.69) is 63.7 Å². The van der Waals surface area contributed by atoms with E-state index in [1.54, 1.807) is 108 Å². The van der Waals surface area contributed by atoms with Gasteiger partial charge in [-0.25, -0.2) is 0 Å². The Bertz CT molecular complexity index is 4010. The molecule has 0 spiro atoms. The maximum absolute atomic E-state index is 14.4. The highest BCUT2D eigenvalue weighted by atomic mass is 79.9. The topological polar surface area (TPSA) is 223 Å². The highest BCUT2D eigenvalue weighted by Gasteiger charge is 2.37. The van der Waals surface area contributed by atoms with Gasteiger partial charge in [-0.3, -0.25) is 67.5 Å². The molecule has 0 saturated carbocycles. The second kappa shape index (κ2) is 22.3. The van der Waals surface area contributed by atoms with Gasteiger partial charge in [0.15, 0.2) is 0 Å². The fourth-order valence-corrected chi connectivity index (χ4v) is 13.0. The van der Waals surface area contributed by atoms with Crippen molar-refractivity contribution in [1.29, 1.82) is 0 Å². The molecule has 416 valence electrons. The van der Waals surface area contributed by atoms with Crippen LogP contribution in [0.25, 0.3) is 43.1 Å². The lowest BCUT2D eigenvalue weighted by Gasteiger charge is -2.30. The summed E-state index contributed by atoms with van der Waals surface area (Å²) in [7, 11) is 0. The summed E-state index contributed by atoms with van der Waals surface area (Å²) in [4.78, 5) is 144. The van der Waals surface area contributed by atoms with Gasteiger partial charge in [-0.05, 0) is 89.0 Å². The van der Waals surface area contributed by atoms with Crippen molar-refractivity contribution in [3.63, 3.8) is 0 Å². The third-order valence-corrected chi connectivity index (χ3v) is 17.8. The SMILES string of the molecule is O=C(CCN(CCC(=O)NCCN1C(=O)c2cccc3c(Br)ccc(c23)C1=O)CCN1C(=O)c2cccc3c(NCCN4C(=O)c5cccc6c(Br)ccc(c56)C4=O)ccc(c23)C1=O)NCCN1C(=O)c2cccc3c(Br)ccc(c23)C1=O. The lowest BCUT2D eigenvalue weighted by atomic mass is 9.93. The molecular formula is C62H47Br3N8O10. The average molecular weight is 1300 g/mol. The monoisotopic (exact) mass is 1300 g/mol. The molecule has 0 atom stereocenters. The van der Waals surface area contributed by atoms with Crippen LogP contribution in [0.5, 0.6) is 0 Å². The van der Waals surface area contributed by atoms with Gasteiger partial charge in [-0.2, -0.15) is 0 Å². The third-order valence-electron chi connectivity index (χ3n) is 15.7. The van der Waals surface area contributed by atoms with Crippen molar-refractivity contribution in [2.24, 2.45) is 0 Å². The molecule has 12 rings (SSSR count). The van der Waals surface area contributed by atoms with Crippen LogP contribution < -0.4 is 16.0 Å². The molecular weight excluding hydrogens is 1260 g/mol. The van der Waals surface area contributed by atoms with Gasteiger partial charge in [0.05, 0.1) is 0 Å². The van der Waals surface area contributed by atoms with Crippen molar-refractivity contribution in [3.8, 4) is 0 Å².